The lowest BCUT2D eigenvalue weighted by Gasteiger charge is -2.20. The number of carbonyl (C=O) groups is 1. The molecule has 1 aliphatic heterocycles. The fourth-order valence-corrected chi connectivity index (χ4v) is 4.03. The summed E-state index contributed by atoms with van der Waals surface area (Å²) in [6.45, 7) is 3.87. The summed E-state index contributed by atoms with van der Waals surface area (Å²) in [5.74, 6) is 1.22. The number of ether oxygens (including phenoxy) is 2. The molecule has 6 nitrogen and oxygen atoms in total. The molecule has 0 fully saturated rings. The number of nitrogens with zero attached hydrogens (tertiary/aromatic N) is 2. The van der Waals surface area contributed by atoms with Crippen molar-refractivity contribution in [2.75, 3.05) is 33.1 Å². The van der Waals surface area contributed by atoms with Crippen molar-refractivity contribution in [3.05, 3.63) is 33.8 Å². The Morgan fingerprint density at radius 3 is 2.76 bits per heavy atom. The Morgan fingerprint density at radius 2 is 2.04 bits per heavy atom. The normalized spacial score (nSPS) is 14.1. The Kier molecular flexibility index (Phi) is 5.24. The van der Waals surface area contributed by atoms with E-state index in [9.17, 15) is 4.79 Å². The Morgan fingerprint density at radius 1 is 1.32 bits per heavy atom. The molecule has 25 heavy (non-hydrogen) atoms. The minimum atomic E-state index is -0.0743. The van der Waals surface area contributed by atoms with Gasteiger partial charge in [0.25, 0.3) is 0 Å². The van der Waals surface area contributed by atoms with Crippen LogP contribution in [0.5, 0.6) is 11.5 Å². The molecule has 134 valence electrons. The minimum absolute atomic E-state index is 0.0743. The highest BCUT2D eigenvalue weighted by atomic mass is 32.1. The zero-order valence-corrected chi connectivity index (χ0v) is 15.8. The average molecular weight is 361 g/mol. The maximum absolute atomic E-state index is 12.4. The molecule has 0 atom stereocenters. The van der Waals surface area contributed by atoms with Crippen LogP contribution in [0.3, 0.4) is 0 Å². The lowest BCUT2D eigenvalue weighted by atomic mass is 10.0. The van der Waals surface area contributed by atoms with Crippen molar-refractivity contribution in [2.45, 2.75) is 26.3 Å². The number of methoxy groups -OCH3 is 2. The molecule has 1 aromatic carbocycles. The highest BCUT2D eigenvalue weighted by Gasteiger charge is 2.19. The SMILES string of the molecule is COc1cc(C)c(CC(=O)Nc2nc3c(s2)CN(C)CC3)cc1OC. The van der Waals surface area contributed by atoms with E-state index in [-0.39, 0.29) is 12.3 Å². The van der Waals surface area contributed by atoms with E-state index in [2.05, 4.69) is 22.2 Å². The molecular weight excluding hydrogens is 338 g/mol. The third-order valence-corrected chi connectivity index (χ3v) is 5.36. The Labute approximate surface area is 151 Å². The Hall–Kier alpha value is -2.12. The summed E-state index contributed by atoms with van der Waals surface area (Å²) in [5.41, 5.74) is 3.02. The number of rotatable bonds is 5. The first-order valence-electron chi connectivity index (χ1n) is 8.18. The van der Waals surface area contributed by atoms with Gasteiger partial charge >= 0.3 is 0 Å². The number of nitrogens with one attached hydrogen (secondary N) is 1. The van der Waals surface area contributed by atoms with Gasteiger partial charge in [-0.05, 0) is 37.2 Å². The summed E-state index contributed by atoms with van der Waals surface area (Å²) in [6.07, 6.45) is 1.21. The van der Waals surface area contributed by atoms with Crippen LogP contribution in [0.25, 0.3) is 0 Å². The largest absolute Gasteiger partial charge is 0.493 e. The predicted octanol–water partition coefficient (Wildman–Crippen LogP) is 2.64. The summed E-state index contributed by atoms with van der Waals surface area (Å²) in [5, 5.41) is 3.62. The number of hydrogen-bond donors (Lipinski definition) is 1. The summed E-state index contributed by atoms with van der Waals surface area (Å²) in [4.78, 5) is 20.5. The molecular formula is C18H23N3O3S. The van der Waals surface area contributed by atoms with E-state index in [0.717, 1.165) is 36.3 Å². The second-order valence-electron chi connectivity index (χ2n) is 6.24. The second-order valence-corrected chi connectivity index (χ2v) is 7.32. The van der Waals surface area contributed by atoms with Gasteiger partial charge in [-0.25, -0.2) is 4.98 Å². The van der Waals surface area contributed by atoms with Crippen molar-refractivity contribution in [1.29, 1.82) is 0 Å². The Balaban J connectivity index is 1.71. The van der Waals surface area contributed by atoms with Gasteiger partial charge in [0.05, 0.1) is 26.3 Å². The summed E-state index contributed by atoms with van der Waals surface area (Å²) >= 11 is 1.57. The molecule has 0 unspecified atom stereocenters. The zero-order valence-electron chi connectivity index (χ0n) is 15.0. The maximum Gasteiger partial charge on any atom is 0.230 e. The van der Waals surface area contributed by atoms with Crippen molar-refractivity contribution in [3.8, 4) is 11.5 Å². The molecule has 1 amide bonds. The van der Waals surface area contributed by atoms with Crippen LogP contribution < -0.4 is 14.8 Å². The van der Waals surface area contributed by atoms with Crippen LogP contribution in [0.2, 0.25) is 0 Å². The molecule has 7 heteroatoms. The number of hydrogen-bond acceptors (Lipinski definition) is 6. The van der Waals surface area contributed by atoms with Gasteiger partial charge < -0.3 is 19.7 Å². The fourth-order valence-electron chi connectivity index (χ4n) is 2.93. The van der Waals surface area contributed by atoms with E-state index < -0.39 is 0 Å². The zero-order chi connectivity index (χ0) is 18.0. The third kappa shape index (κ3) is 3.93. The van der Waals surface area contributed by atoms with Crippen LogP contribution in [-0.4, -0.2) is 43.6 Å². The van der Waals surface area contributed by atoms with Crippen LogP contribution >= 0.6 is 11.3 Å². The summed E-state index contributed by atoms with van der Waals surface area (Å²) in [6, 6.07) is 3.75. The quantitative estimate of drug-likeness (QED) is 0.887. The van der Waals surface area contributed by atoms with Gasteiger partial charge in [0.1, 0.15) is 0 Å². The number of benzene rings is 1. The molecule has 1 aromatic heterocycles. The number of aromatic nitrogens is 1. The summed E-state index contributed by atoms with van der Waals surface area (Å²) < 4.78 is 10.6. The topological polar surface area (TPSA) is 63.7 Å². The van der Waals surface area contributed by atoms with Crippen molar-refractivity contribution in [3.63, 3.8) is 0 Å². The van der Waals surface area contributed by atoms with E-state index in [0.29, 0.717) is 16.6 Å². The average Bonchev–Trinajstić information content (AvgIpc) is 2.97. The number of fused-ring (bicyclic) bond motifs is 1. The highest BCUT2D eigenvalue weighted by molar-refractivity contribution is 7.15. The van der Waals surface area contributed by atoms with Crippen LogP contribution in [0, 0.1) is 6.92 Å². The standard InChI is InChI=1S/C18H23N3O3S/c1-11-7-14(23-3)15(24-4)8-12(11)9-17(22)20-18-19-13-5-6-21(2)10-16(13)25-18/h7-8H,5-6,9-10H2,1-4H3,(H,19,20,22). The molecule has 1 N–H and O–H groups in total. The van der Waals surface area contributed by atoms with Crippen molar-refractivity contribution < 1.29 is 14.3 Å². The number of aryl methyl sites for hydroxylation is 1. The maximum atomic E-state index is 12.4. The van der Waals surface area contributed by atoms with Gasteiger partial charge in [0.2, 0.25) is 5.91 Å². The van der Waals surface area contributed by atoms with Gasteiger partial charge in [-0.1, -0.05) is 0 Å². The van der Waals surface area contributed by atoms with Gasteiger partial charge in [0, 0.05) is 24.4 Å². The molecule has 2 heterocycles. The van der Waals surface area contributed by atoms with Crippen LogP contribution in [0.15, 0.2) is 12.1 Å². The van der Waals surface area contributed by atoms with E-state index in [1.807, 2.05) is 19.1 Å². The molecule has 0 bridgehead atoms. The number of carbonyl (C=O) groups excluding carboxylic acids is 1. The first kappa shape index (κ1) is 17.7. The number of anilines is 1. The van der Waals surface area contributed by atoms with Gasteiger partial charge in [0.15, 0.2) is 16.6 Å². The molecule has 0 saturated heterocycles. The Bertz CT molecular complexity index is 788. The lowest BCUT2D eigenvalue weighted by molar-refractivity contribution is -0.115. The second kappa shape index (κ2) is 7.41. The molecule has 3 rings (SSSR count). The molecule has 0 aliphatic carbocycles. The minimum Gasteiger partial charge on any atom is -0.493 e. The van der Waals surface area contributed by atoms with Crippen molar-refractivity contribution >= 4 is 22.4 Å². The van der Waals surface area contributed by atoms with E-state index in [1.54, 1.807) is 25.6 Å². The number of likely N-dealkylation sites (N-methyl/N-ethyl adjacent to an activating group) is 1. The number of amides is 1. The molecule has 0 spiro atoms. The van der Waals surface area contributed by atoms with Crippen LogP contribution in [0.4, 0.5) is 5.13 Å². The molecule has 0 saturated carbocycles. The number of thiazole rings is 1. The lowest BCUT2D eigenvalue weighted by Crippen LogP contribution is -2.25. The summed E-state index contributed by atoms with van der Waals surface area (Å²) in [7, 11) is 5.29. The van der Waals surface area contributed by atoms with Gasteiger partial charge in [-0.2, -0.15) is 0 Å². The third-order valence-electron chi connectivity index (χ3n) is 4.36. The fraction of sp³-hybridized carbons (Fsp3) is 0.444. The van der Waals surface area contributed by atoms with Crippen LogP contribution in [0.1, 0.15) is 21.7 Å². The predicted molar refractivity (Wildman–Crippen MR) is 98.8 cm³/mol. The first-order chi connectivity index (χ1) is 12.0. The molecule has 2 aromatic rings. The van der Waals surface area contributed by atoms with Gasteiger partial charge in [-0.3, -0.25) is 4.79 Å². The van der Waals surface area contributed by atoms with E-state index in [4.69, 9.17) is 9.47 Å². The van der Waals surface area contributed by atoms with Crippen LogP contribution in [-0.2, 0) is 24.2 Å². The molecule has 1 aliphatic rings. The van der Waals surface area contributed by atoms with Crippen molar-refractivity contribution in [1.82, 2.24) is 9.88 Å². The van der Waals surface area contributed by atoms with Crippen molar-refractivity contribution in [2.24, 2.45) is 0 Å². The molecule has 0 radical (unpaired) electrons. The monoisotopic (exact) mass is 361 g/mol. The van der Waals surface area contributed by atoms with E-state index in [1.165, 1.54) is 4.88 Å². The van der Waals surface area contributed by atoms with E-state index >= 15 is 0 Å². The first-order valence-corrected chi connectivity index (χ1v) is 9.00. The smallest absolute Gasteiger partial charge is 0.230 e. The van der Waals surface area contributed by atoms with Gasteiger partial charge in [-0.15, -0.1) is 11.3 Å². The highest BCUT2D eigenvalue weighted by Crippen LogP contribution is 2.31.